The fourth-order valence-electron chi connectivity index (χ4n) is 1.07. The maximum absolute atomic E-state index is 11.4. The van der Waals surface area contributed by atoms with Crippen molar-refractivity contribution in [3.63, 3.8) is 0 Å². The molecule has 1 rings (SSSR count). The first-order chi connectivity index (χ1) is 6.81. The zero-order chi connectivity index (χ0) is 11.6. The van der Waals surface area contributed by atoms with Gasteiger partial charge in [-0.05, 0) is 13.8 Å². The quantitative estimate of drug-likeness (QED) is 0.656. The molecule has 0 unspecified atom stereocenters. The predicted molar refractivity (Wildman–Crippen MR) is 53.2 cm³/mol. The second-order valence-corrected chi connectivity index (χ2v) is 5.31. The summed E-state index contributed by atoms with van der Waals surface area (Å²) in [6.07, 6.45) is -1.33. The molecule has 0 aromatic heterocycles. The lowest BCUT2D eigenvalue weighted by Crippen LogP contribution is -2.61. The molecule has 15 heavy (non-hydrogen) atoms. The van der Waals surface area contributed by atoms with Crippen molar-refractivity contribution in [3.8, 4) is 0 Å². The molecule has 1 fully saturated rings. The molecule has 1 amide bonds. The fourth-order valence-corrected chi connectivity index (χ4v) is 2.24. The van der Waals surface area contributed by atoms with Crippen LogP contribution < -0.4 is 10.5 Å². The molecule has 1 aliphatic rings. The van der Waals surface area contributed by atoms with E-state index in [2.05, 4.69) is 4.74 Å². The average molecular weight is 237 g/mol. The Labute approximate surface area is 88.7 Å². The van der Waals surface area contributed by atoms with E-state index in [4.69, 9.17) is 5.73 Å². The van der Waals surface area contributed by atoms with Gasteiger partial charge in [-0.3, -0.25) is 0 Å². The van der Waals surface area contributed by atoms with Crippen molar-refractivity contribution in [3.05, 3.63) is 0 Å². The van der Waals surface area contributed by atoms with E-state index in [1.54, 1.807) is 18.6 Å². The summed E-state index contributed by atoms with van der Waals surface area (Å²) in [5.74, 6) is 0. The molecular weight excluding hydrogens is 222 g/mol. The molecule has 0 aromatic carbocycles. The zero-order valence-electron chi connectivity index (χ0n) is 8.63. The molecule has 1 heterocycles. The lowest BCUT2D eigenvalue weighted by Gasteiger charge is -2.34. The van der Waals surface area contributed by atoms with Gasteiger partial charge in [-0.25, -0.2) is 9.52 Å². The Balaban J connectivity index is 2.46. The summed E-state index contributed by atoms with van der Waals surface area (Å²) in [5, 5.41) is 0. The summed E-state index contributed by atoms with van der Waals surface area (Å²) in [6, 6.07) is -0.150. The third-order valence-corrected chi connectivity index (χ3v) is 3.17. The molecule has 1 saturated heterocycles. The van der Waals surface area contributed by atoms with Crippen LogP contribution in [-0.2, 0) is 14.9 Å². The van der Waals surface area contributed by atoms with Gasteiger partial charge in [-0.2, -0.15) is 12.7 Å². The third kappa shape index (κ3) is 3.33. The number of carbonyl (C=O) groups is 1. The van der Waals surface area contributed by atoms with Gasteiger partial charge in [0, 0.05) is 19.1 Å². The molecule has 0 radical (unpaired) electrons. The number of carbonyl (C=O) groups excluding carboxylic acids is 1. The maximum atomic E-state index is 11.4. The molecule has 0 atom stereocenters. The van der Waals surface area contributed by atoms with Gasteiger partial charge in [0.25, 0.3) is 0 Å². The van der Waals surface area contributed by atoms with Gasteiger partial charge in [0.2, 0.25) is 0 Å². The Morgan fingerprint density at radius 2 is 2.07 bits per heavy atom. The summed E-state index contributed by atoms with van der Waals surface area (Å²) in [6.45, 7) is 3.71. The zero-order valence-corrected chi connectivity index (χ0v) is 9.45. The van der Waals surface area contributed by atoms with Gasteiger partial charge >= 0.3 is 16.3 Å². The SMILES string of the molecule is CC(C)OC(=O)NS(=O)(=O)N1CC(N)C1. The second-order valence-electron chi connectivity index (χ2n) is 3.64. The van der Waals surface area contributed by atoms with Crippen LogP contribution in [0.3, 0.4) is 0 Å². The summed E-state index contributed by atoms with van der Waals surface area (Å²) in [7, 11) is -3.77. The topological polar surface area (TPSA) is 102 Å². The Morgan fingerprint density at radius 1 is 1.53 bits per heavy atom. The highest BCUT2D eigenvalue weighted by Gasteiger charge is 2.34. The largest absolute Gasteiger partial charge is 0.446 e. The van der Waals surface area contributed by atoms with Crippen LogP contribution in [0.15, 0.2) is 0 Å². The summed E-state index contributed by atoms with van der Waals surface area (Å²) < 4.78 is 30.3. The van der Waals surface area contributed by atoms with Crippen molar-refractivity contribution in [2.24, 2.45) is 5.73 Å². The molecular formula is C7H15N3O4S. The smallest absolute Gasteiger partial charge is 0.422 e. The normalized spacial score (nSPS) is 18.7. The third-order valence-electron chi connectivity index (χ3n) is 1.77. The van der Waals surface area contributed by atoms with Crippen molar-refractivity contribution >= 4 is 16.3 Å². The van der Waals surface area contributed by atoms with E-state index in [-0.39, 0.29) is 25.2 Å². The van der Waals surface area contributed by atoms with Crippen molar-refractivity contribution in [2.75, 3.05) is 13.1 Å². The van der Waals surface area contributed by atoms with Crippen LogP contribution in [0.5, 0.6) is 0 Å². The molecule has 0 aliphatic carbocycles. The number of hydrogen-bond donors (Lipinski definition) is 2. The van der Waals surface area contributed by atoms with E-state index in [1.165, 1.54) is 0 Å². The molecule has 8 heteroatoms. The molecule has 7 nitrogen and oxygen atoms in total. The Kier molecular flexibility index (Phi) is 3.53. The van der Waals surface area contributed by atoms with E-state index in [9.17, 15) is 13.2 Å². The van der Waals surface area contributed by atoms with E-state index in [0.717, 1.165) is 4.31 Å². The van der Waals surface area contributed by atoms with Gasteiger partial charge in [0.15, 0.2) is 0 Å². The van der Waals surface area contributed by atoms with Gasteiger partial charge < -0.3 is 10.5 Å². The van der Waals surface area contributed by atoms with Gasteiger partial charge in [-0.15, -0.1) is 0 Å². The first-order valence-corrected chi connectivity index (χ1v) is 5.99. The van der Waals surface area contributed by atoms with Gasteiger partial charge in [0.05, 0.1) is 6.10 Å². The Bertz CT molecular complexity index is 334. The van der Waals surface area contributed by atoms with Crippen molar-refractivity contribution in [1.29, 1.82) is 0 Å². The van der Waals surface area contributed by atoms with Crippen molar-refractivity contribution in [1.82, 2.24) is 9.03 Å². The number of ether oxygens (including phenoxy) is 1. The van der Waals surface area contributed by atoms with E-state index >= 15 is 0 Å². The second kappa shape index (κ2) is 4.33. The average Bonchev–Trinajstić information content (AvgIpc) is 1.95. The summed E-state index contributed by atoms with van der Waals surface area (Å²) >= 11 is 0. The number of nitrogens with two attached hydrogens (primary N) is 1. The molecule has 0 aromatic rings. The van der Waals surface area contributed by atoms with E-state index in [1.807, 2.05) is 0 Å². The molecule has 0 saturated carbocycles. The summed E-state index contributed by atoms with van der Waals surface area (Å²) in [5.41, 5.74) is 5.43. The highest BCUT2D eigenvalue weighted by atomic mass is 32.2. The van der Waals surface area contributed by atoms with E-state index < -0.39 is 16.3 Å². The lowest BCUT2D eigenvalue weighted by molar-refractivity contribution is 0.120. The van der Waals surface area contributed by atoms with Crippen LogP contribution in [-0.4, -0.2) is 44.1 Å². The van der Waals surface area contributed by atoms with Crippen LogP contribution >= 0.6 is 0 Å². The number of hydrogen-bond acceptors (Lipinski definition) is 5. The monoisotopic (exact) mass is 237 g/mol. The molecule has 0 spiro atoms. The van der Waals surface area contributed by atoms with Crippen molar-refractivity contribution < 1.29 is 17.9 Å². The Morgan fingerprint density at radius 3 is 2.47 bits per heavy atom. The first-order valence-electron chi connectivity index (χ1n) is 4.55. The van der Waals surface area contributed by atoms with Crippen LogP contribution in [0.25, 0.3) is 0 Å². The number of amides is 1. The fraction of sp³-hybridized carbons (Fsp3) is 0.857. The number of nitrogens with one attached hydrogen (secondary N) is 1. The standard InChI is InChI=1S/C7H15N3O4S/c1-5(2)14-7(11)9-15(12,13)10-3-6(8)4-10/h5-6H,3-4,8H2,1-2H3,(H,9,11). The van der Waals surface area contributed by atoms with E-state index in [0.29, 0.717) is 0 Å². The minimum absolute atomic E-state index is 0.150. The van der Waals surface area contributed by atoms with Crippen LogP contribution in [0.4, 0.5) is 4.79 Å². The minimum Gasteiger partial charge on any atom is -0.446 e. The van der Waals surface area contributed by atoms with Crippen LogP contribution in [0.2, 0.25) is 0 Å². The molecule has 3 N–H and O–H groups in total. The highest BCUT2D eigenvalue weighted by molar-refractivity contribution is 7.87. The Hall–Kier alpha value is -0.860. The minimum atomic E-state index is -3.77. The van der Waals surface area contributed by atoms with Gasteiger partial charge in [0.1, 0.15) is 0 Å². The molecule has 0 bridgehead atoms. The first kappa shape index (κ1) is 12.2. The number of rotatable bonds is 3. The summed E-state index contributed by atoms with van der Waals surface area (Å²) in [4.78, 5) is 11.0. The van der Waals surface area contributed by atoms with Crippen molar-refractivity contribution in [2.45, 2.75) is 26.0 Å². The number of nitrogens with zero attached hydrogens (tertiary/aromatic N) is 1. The highest BCUT2D eigenvalue weighted by Crippen LogP contribution is 2.10. The van der Waals surface area contributed by atoms with Crippen LogP contribution in [0, 0.1) is 0 Å². The lowest BCUT2D eigenvalue weighted by atomic mass is 10.2. The van der Waals surface area contributed by atoms with Crippen LogP contribution in [0.1, 0.15) is 13.8 Å². The van der Waals surface area contributed by atoms with Gasteiger partial charge in [-0.1, -0.05) is 0 Å². The molecule has 88 valence electrons. The maximum Gasteiger partial charge on any atom is 0.422 e. The molecule has 1 aliphatic heterocycles. The predicted octanol–water partition coefficient (Wildman–Crippen LogP) is -0.991.